The first-order valence-electron chi connectivity index (χ1n) is 8.43. The van der Waals surface area contributed by atoms with Gasteiger partial charge in [-0.3, -0.25) is 4.79 Å². The maximum atomic E-state index is 11.5. The largest absolute Gasteiger partial charge is 0.456 e. The standard InChI is InChI=1S/C17H31NO4/c1-3-4-5-6-7-8-9-10-15-17(22-16(19)13-18)14(20-2)11-12-21-15/h9-10,14-15,17H,3-8,11-13,18H2,1-2H3/t14-,15-,17+/m0/s1. The zero-order chi connectivity index (χ0) is 16.2. The molecular weight excluding hydrogens is 282 g/mol. The average molecular weight is 313 g/mol. The lowest BCUT2D eigenvalue weighted by atomic mass is 10.0. The van der Waals surface area contributed by atoms with E-state index in [-0.39, 0.29) is 18.8 Å². The van der Waals surface area contributed by atoms with Gasteiger partial charge in [-0.1, -0.05) is 44.8 Å². The number of carbonyl (C=O) groups excluding carboxylic acids is 1. The molecule has 2 N–H and O–H groups in total. The molecule has 1 rings (SSSR count). The summed E-state index contributed by atoms with van der Waals surface area (Å²) < 4.78 is 16.5. The Kier molecular flexibility index (Phi) is 10.1. The van der Waals surface area contributed by atoms with Crippen LogP contribution in [0.5, 0.6) is 0 Å². The van der Waals surface area contributed by atoms with E-state index in [9.17, 15) is 4.79 Å². The Hall–Kier alpha value is -0.910. The van der Waals surface area contributed by atoms with Crippen LogP contribution in [0.3, 0.4) is 0 Å². The molecule has 0 spiro atoms. The van der Waals surface area contributed by atoms with Gasteiger partial charge in [0.1, 0.15) is 6.10 Å². The van der Waals surface area contributed by atoms with Crippen molar-refractivity contribution in [2.75, 3.05) is 20.3 Å². The van der Waals surface area contributed by atoms with E-state index in [1.807, 2.05) is 6.08 Å². The monoisotopic (exact) mass is 313 g/mol. The van der Waals surface area contributed by atoms with Gasteiger partial charge in [0.05, 0.1) is 19.3 Å². The van der Waals surface area contributed by atoms with Gasteiger partial charge in [-0.2, -0.15) is 0 Å². The summed E-state index contributed by atoms with van der Waals surface area (Å²) in [5.41, 5.74) is 5.33. The topological polar surface area (TPSA) is 70.8 Å². The van der Waals surface area contributed by atoms with Crippen molar-refractivity contribution in [3.8, 4) is 0 Å². The first-order chi connectivity index (χ1) is 10.7. The molecular formula is C17H31NO4. The number of unbranched alkanes of at least 4 members (excludes halogenated alkanes) is 5. The highest BCUT2D eigenvalue weighted by atomic mass is 16.6. The van der Waals surface area contributed by atoms with Gasteiger partial charge in [-0.05, 0) is 12.8 Å². The Labute approximate surface area is 134 Å². The lowest BCUT2D eigenvalue weighted by molar-refractivity contribution is -0.177. The molecule has 3 atom stereocenters. The zero-order valence-electron chi connectivity index (χ0n) is 14.0. The van der Waals surface area contributed by atoms with E-state index in [0.29, 0.717) is 6.61 Å². The Balaban J connectivity index is 2.44. The summed E-state index contributed by atoms with van der Waals surface area (Å²) in [5.74, 6) is -0.421. The maximum Gasteiger partial charge on any atom is 0.320 e. The fraction of sp³-hybridized carbons (Fsp3) is 0.824. The van der Waals surface area contributed by atoms with Crippen LogP contribution in [0.1, 0.15) is 51.9 Å². The highest BCUT2D eigenvalue weighted by Gasteiger charge is 2.35. The molecule has 5 heteroatoms. The number of nitrogens with two attached hydrogens (primary N) is 1. The molecule has 22 heavy (non-hydrogen) atoms. The molecule has 0 unspecified atom stereocenters. The van der Waals surface area contributed by atoms with Crippen molar-refractivity contribution in [1.29, 1.82) is 0 Å². The third-order valence-electron chi connectivity index (χ3n) is 3.94. The average Bonchev–Trinajstić information content (AvgIpc) is 2.54. The van der Waals surface area contributed by atoms with E-state index in [4.69, 9.17) is 19.9 Å². The molecule has 0 amide bonds. The lowest BCUT2D eigenvalue weighted by Crippen LogP contribution is -2.48. The van der Waals surface area contributed by atoms with Crippen LogP contribution in [0.2, 0.25) is 0 Å². The van der Waals surface area contributed by atoms with Gasteiger partial charge in [0.15, 0.2) is 6.10 Å². The lowest BCUT2D eigenvalue weighted by Gasteiger charge is -2.35. The van der Waals surface area contributed by atoms with Crippen molar-refractivity contribution in [1.82, 2.24) is 0 Å². The predicted molar refractivity (Wildman–Crippen MR) is 86.6 cm³/mol. The minimum absolute atomic E-state index is 0.124. The predicted octanol–water partition coefficient (Wildman–Crippen LogP) is 2.58. The molecule has 1 aliphatic heterocycles. The molecule has 0 bridgehead atoms. The zero-order valence-corrected chi connectivity index (χ0v) is 14.0. The van der Waals surface area contributed by atoms with Gasteiger partial charge in [-0.25, -0.2) is 0 Å². The van der Waals surface area contributed by atoms with Crippen molar-refractivity contribution in [2.45, 2.75) is 70.2 Å². The first kappa shape index (κ1) is 19.1. The second kappa shape index (κ2) is 11.6. The van der Waals surface area contributed by atoms with Gasteiger partial charge in [0.2, 0.25) is 0 Å². The summed E-state index contributed by atoms with van der Waals surface area (Å²) in [6.07, 6.45) is 11.4. The molecule has 0 saturated carbocycles. The molecule has 5 nitrogen and oxygen atoms in total. The molecule has 1 aliphatic rings. The third-order valence-corrected chi connectivity index (χ3v) is 3.94. The molecule has 1 fully saturated rings. The number of methoxy groups -OCH3 is 1. The summed E-state index contributed by atoms with van der Waals surface area (Å²) in [6.45, 7) is 2.71. The fourth-order valence-corrected chi connectivity index (χ4v) is 2.65. The van der Waals surface area contributed by atoms with E-state index in [0.717, 1.165) is 12.8 Å². The number of carbonyl (C=O) groups is 1. The SMILES string of the molecule is CCCCCCCC=C[C@@H]1OCC[C@H](OC)[C@H]1OC(=O)CN. The Morgan fingerprint density at radius 3 is 2.77 bits per heavy atom. The quantitative estimate of drug-likeness (QED) is 0.381. The minimum Gasteiger partial charge on any atom is -0.456 e. The number of hydrogen-bond acceptors (Lipinski definition) is 5. The maximum absolute atomic E-state index is 11.5. The molecule has 128 valence electrons. The van der Waals surface area contributed by atoms with Crippen LogP contribution in [0.15, 0.2) is 12.2 Å². The van der Waals surface area contributed by atoms with Crippen LogP contribution < -0.4 is 5.73 Å². The fourth-order valence-electron chi connectivity index (χ4n) is 2.65. The minimum atomic E-state index is -0.421. The summed E-state index contributed by atoms with van der Waals surface area (Å²) >= 11 is 0. The van der Waals surface area contributed by atoms with Gasteiger partial charge in [0, 0.05) is 13.5 Å². The molecule has 0 aromatic carbocycles. The number of rotatable bonds is 10. The van der Waals surface area contributed by atoms with E-state index in [1.54, 1.807) is 7.11 Å². The van der Waals surface area contributed by atoms with E-state index in [1.165, 1.54) is 32.1 Å². The van der Waals surface area contributed by atoms with E-state index in [2.05, 4.69) is 13.0 Å². The first-order valence-corrected chi connectivity index (χ1v) is 8.43. The molecule has 0 aromatic rings. The molecule has 1 heterocycles. The highest BCUT2D eigenvalue weighted by molar-refractivity contribution is 5.71. The van der Waals surface area contributed by atoms with Crippen LogP contribution in [0.4, 0.5) is 0 Å². The van der Waals surface area contributed by atoms with Crippen LogP contribution in [-0.4, -0.2) is 44.5 Å². The molecule has 0 radical (unpaired) electrons. The van der Waals surface area contributed by atoms with Crippen molar-refractivity contribution in [3.63, 3.8) is 0 Å². The Morgan fingerprint density at radius 2 is 2.09 bits per heavy atom. The van der Waals surface area contributed by atoms with E-state index >= 15 is 0 Å². The summed E-state index contributed by atoms with van der Waals surface area (Å²) in [5, 5.41) is 0. The van der Waals surface area contributed by atoms with Crippen molar-refractivity contribution < 1.29 is 19.0 Å². The normalized spacial score (nSPS) is 25.5. The number of allylic oxidation sites excluding steroid dienone is 1. The van der Waals surface area contributed by atoms with Gasteiger partial charge in [0.25, 0.3) is 0 Å². The molecule has 0 aromatic heterocycles. The smallest absolute Gasteiger partial charge is 0.320 e. The van der Waals surface area contributed by atoms with Gasteiger partial charge in [-0.15, -0.1) is 0 Å². The molecule has 1 saturated heterocycles. The number of ether oxygens (including phenoxy) is 3. The van der Waals surface area contributed by atoms with E-state index < -0.39 is 12.1 Å². The Bertz CT molecular complexity index is 333. The summed E-state index contributed by atoms with van der Waals surface area (Å²) in [6, 6.07) is 0. The van der Waals surface area contributed by atoms with Crippen LogP contribution >= 0.6 is 0 Å². The second-order valence-electron chi connectivity index (χ2n) is 5.69. The summed E-state index contributed by atoms with van der Waals surface area (Å²) in [4.78, 5) is 11.5. The third kappa shape index (κ3) is 6.90. The molecule has 0 aliphatic carbocycles. The van der Waals surface area contributed by atoms with Crippen molar-refractivity contribution in [3.05, 3.63) is 12.2 Å². The van der Waals surface area contributed by atoms with Gasteiger partial charge < -0.3 is 19.9 Å². The van der Waals surface area contributed by atoms with Crippen LogP contribution in [0, 0.1) is 0 Å². The van der Waals surface area contributed by atoms with Crippen LogP contribution in [-0.2, 0) is 19.0 Å². The number of esters is 1. The van der Waals surface area contributed by atoms with Crippen LogP contribution in [0.25, 0.3) is 0 Å². The summed E-state index contributed by atoms with van der Waals surface area (Å²) in [7, 11) is 1.63. The van der Waals surface area contributed by atoms with Gasteiger partial charge >= 0.3 is 5.97 Å². The second-order valence-corrected chi connectivity index (χ2v) is 5.69. The highest BCUT2D eigenvalue weighted by Crippen LogP contribution is 2.22. The number of hydrogen-bond donors (Lipinski definition) is 1. The van der Waals surface area contributed by atoms with Crippen molar-refractivity contribution >= 4 is 5.97 Å². The van der Waals surface area contributed by atoms with Crippen molar-refractivity contribution in [2.24, 2.45) is 5.73 Å². The Morgan fingerprint density at radius 1 is 1.32 bits per heavy atom.